The number of hydrogen-bond acceptors (Lipinski definition) is 3. The van der Waals surface area contributed by atoms with Crippen LogP contribution < -0.4 is 9.47 Å². The van der Waals surface area contributed by atoms with Crippen LogP contribution in [0.15, 0.2) is 42.5 Å². The van der Waals surface area contributed by atoms with Gasteiger partial charge in [0.15, 0.2) is 11.5 Å². The molecule has 4 heteroatoms. The molecule has 0 heterocycles. The SMILES string of the molecule is CCCOc1ccccc1Oc1ccc(C)cc1C(=O)O. The molecule has 2 aromatic carbocycles. The highest BCUT2D eigenvalue weighted by Gasteiger charge is 2.14. The van der Waals surface area contributed by atoms with E-state index in [1.807, 2.05) is 32.0 Å². The highest BCUT2D eigenvalue weighted by Crippen LogP contribution is 2.33. The standard InChI is InChI=1S/C17H18O4/c1-3-10-20-15-6-4-5-7-16(15)21-14-9-8-12(2)11-13(14)17(18)19/h4-9,11H,3,10H2,1-2H3,(H,18,19). The van der Waals surface area contributed by atoms with Gasteiger partial charge < -0.3 is 14.6 Å². The van der Waals surface area contributed by atoms with Crippen molar-refractivity contribution in [3.05, 3.63) is 53.6 Å². The van der Waals surface area contributed by atoms with E-state index in [1.54, 1.807) is 24.3 Å². The maximum Gasteiger partial charge on any atom is 0.339 e. The molecule has 110 valence electrons. The predicted molar refractivity (Wildman–Crippen MR) is 80.4 cm³/mol. The molecule has 0 unspecified atom stereocenters. The van der Waals surface area contributed by atoms with Gasteiger partial charge in [-0.2, -0.15) is 0 Å². The molecule has 0 atom stereocenters. The molecule has 1 N–H and O–H groups in total. The smallest absolute Gasteiger partial charge is 0.339 e. The Bertz CT molecular complexity index is 634. The molecule has 0 aliphatic heterocycles. The highest BCUT2D eigenvalue weighted by molar-refractivity contribution is 5.91. The van der Waals surface area contributed by atoms with E-state index in [2.05, 4.69) is 0 Å². The Morgan fingerprint density at radius 1 is 1.10 bits per heavy atom. The molecule has 0 aliphatic rings. The molecule has 0 amide bonds. The number of ether oxygens (including phenoxy) is 2. The zero-order valence-corrected chi connectivity index (χ0v) is 12.1. The molecule has 0 saturated carbocycles. The quantitative estimate of drug-likeness (QED) is 0.861. The summed E-state index contributed by atoms with van der Waals surface area (Å²) in [4.78, 5) is 11.3. The number of hydrogen-bond donors (Lipinski definition) is 1. The van der Waals surface area contributed by atoms with E-state index >= 15 is 0 Å². The van der Waals surface area contributed by atoms with Gasteiger partial charge in [-0.1, -0.05) is 30.7 Å². The summed E-state index contributed by atoms with van der Waals surface area (Å²) < 4.78 is 11.4. The van der Waals surface area contributed by atoms with Crippen molar-refractivity contribution in [2.45, 2.75) is 20.3 Å². The van der Waals surface area contributed by atoms with Crippen molar-refractivity contribution in [3.63, 3.8) is 0 Å². The summed E-state index contributed by atoms with van der Waals surface area (Å²) in [6.07, 6.45) is 0.888. The molecular weight excluding hydrogens is 268 g/mol. The van der Waals surface area contributed by atoms with Gasteiger partial charge in [0.05, 0.1) is 6.61 Å². The van der Waals surface area contributed by atoms with Crippen molar-refractivity contribution >= 4 is 5.97 Å². The Balaban J connectivity index is 2.32. The minimum atomic E-state index is -1.01. The summed E-state index contributed by atoms with van der Waals surface area (Å²) in [5.41, 5.74) is 1.01. The molecule has 0 radical (unpaired) electrons. The fourth-order valence-corrected chi connectivity index (χ4v) is 1.88. The zero-order valence-electron chi connectivity index (χ0n) is 12.1. The third-order valence-electron chi connectivity index (χ3n) is 2.90. The molecular formula is C17H18O4. The Labute approximate surface area is 123 Å². The lowest BCUT2D eigenvalue weighted by Gasteiger charge is -2.13. The van der Waals surface area contributed by atoms with Crippen LogP contribution in [0.4, 0.5) is 0 Å². The summed E-state index contributed by atoms with van der Waals surface area (Å²) >= 11 is 0. The Morgan fingerprint density at radius 3 is 2.48 bits per heavy atom. The van der Waals surface area contributed by atoms with E-state index in [0.29, 0.717) is 23.9 Å². The largest absolute Gasteiger partial charge is 0.490 e. The number of para-hydroxylation sites is 2. The number of carboxylic acids is 1. The van der Waals surface area contributed by atoms with E-state index < -0.39 is 5.97 Å². The number of benzene rings is 2. The van der Waals surface area contributed by atoms with Crippen LogP contribution in [0.2, 0.25) is 0 Å². The van der Waals surface area contributed by atoms with Crippen molar-refractivity contribution in [2.24, 2.45) is 0 Å². The molecule has 4 nitrogen and oxygen atoms in total. The monoisotopic (exact) mass is 286 g/mol. The number of carboxylic acid groups (broad SMARTS) is 1. The van der Waals surface area contributed by atoms with Gasteiger partial charge in [-0.15, -0.1) is 0 Å². The van der Waals surface area contributed by atoms with Crippen molar-refractivity contribution in [1.29, 1.82) is 0 Å². The summed E-state index contributed by atoms with van der Waals surface area (Å²) in [5, 5.41) is 9.27. The molecule has 0 aliphatic carbocycles. The second-order valence-corrected chi connectivity index (χ2v) is 4.70. The summed E-state index contributed by atoms with van der Waals surface area (Å²) in [5.74, 6) is 0.412. The van der Waals surface area contributed by atoms with E-state index in [-0.39, 0.29) is 5.56 Å². The molecule has 2 aromatic rings. The van der Waals surface area contributed by atoms with Gasteiger partial charge >= 0.3 is 5.97 Å². The van der Waals surface area contributed by atoms with E-state index in [4.69, 9.17) is 9.47 Å². The second kappa shape index (κ2) is 6.79. The van der Waals surface area contributed by atoms with Crippen molar-refractivity contribution in [2.75, 3.05) is 6.61 Å². The highest BCUT2D eigenvalue weighted by atomic mass is 16.5. The number of aryl methyl sites for hydroxylation is 1. The van der Waals surface area contributed by atoms with Gasteiger partial charge in [0.25, 0.3) is 0 Å². The molecule has 0 bridgehead atoms. The first kappa shape index (κ1) is 14.9. The van der Waals surface area contributed by atoms with Crippen LogP contribution in [-0.4, -0.2) is 17.7 Å². The van der Waals surface area contributed by atoms with Crippen LogP contribution in [0, 0.1) is 6.92 Å². The van der Waals surface area contributed by atoms with Crippen LogP contribution in [0.3, 0.4) is 0 Å². The lowest BCUT2D eigenvalue weighted by molar-refractivity contribution is 0.0694. The second-order valence-electron chi connectivity index (χ2n) is 4.70. The van der Waals surface area contributed by atoms with E-state index in [0.717, 1.165) is 12.0 Å². The average molecular weight is 286 g/mol. The fraction of sp³-hybridized carbons (Fsp3) is 0.235. The number of carbonyl (C=O) groups is 1. The average Bonchev–Trinajstić information content (AvgIpc) is 2.48. The maximum absolute atomic E-state index is 11.3. The van der Waals surface area contributed by atoms with Gasteiger partial charge in [0.2, 0.25) is 0 Å². The van der Waals surface area contributed by atoms with Gasteiger partial charge in [0, 0.05) is 0 Å². The lowest BCUT2D eigenvalue weighted by atomic mass is 10.1. The van der Waals surface area contributed by atoms with E-state index in [9.17, 15) is 9.90 Å². The number of rotatable bonds is 6. The third-order valence-corrected chi connectivity index (χ3v) is 2.90. The van der Waals surface area contributed by atoms with Gasteiger partial charge in [-0.05, 0) is 37.6 Å². The normalized spacial score (nSPS) is 10.2. The van der Waals surface area contributed by atoms with Crippen LogP contribution in [-0.2, 0) is 0 Å². The minimum Gasteiger partial charge on any atom is -0.490 e. The molecule has 2 rings (SSSR count). The minimum absolute atomic E-state index is 0.139. The Kier molecular flexibility index (Phi) is 4.82. The first-order chi connectivity index (χ1) is 10.1. The molecule has 0 fully saturated rings. The summed E-state index contributed by atoms with van der Waals surface area (Å²) in [6.45, 7) is 4.45. The fourth-order valence-electron chi connectivity index (χ4n) is 1.88. The van der Waals surface area contributed by atoms with E-state index in [1.165, 1.54) is 0 Å². The molecule has 0 spiro atoms. The Hall–Kier alpha value is -2.49. The number of aromatic carboxylic acids is 1. The van der Waals surface area contributed by atoms with Crippen LogP contribution in [0.25, 0.3) is 0 Å². The van der Waals surface area contributed by atoms with Crippen molar-refractivity contribution in [1.82, 2.24) is 0 Å². The summed E-state index contributed by atoms with van der Waals surface area (Å²) in [7, 11) is 0. The first-order valence-electron chi connectivity index (χ1n) is 6.85. The van der Waals surface area contributed by atoms with Gasteiger partial charge in [-0.25, -0.2) is 4.79 Å². The Morgan fingerprint density at radius 2 is 1.81 bits per heavy atom. The van der Waals surface area contributed by atoms with Crippen molar-refractivity contribution < 1.29 is 19.4 Å². The topological polar surface area (TPSA) is 55.8 Å². The van der Waals surface area contributed by atoms with Gasteiger partial charge in [0.1, 0.15) is 11.3 Å². The molecule has 21 heavy (non-hydrogen) atoms. The van der Waals surface area contributed by atoms with Crippen molar-refractivity contribution in [3.8, 4) is 17.2 Å². The van der Waals surface area contributed by atoms with Crippen LogP contribution in [0.5, 0.6) is 17.2 Å². The maximum atomic E-state index is 11.3. The molecule has 0 saturated heterocycles. The van der Waals surface area contributed by atoms with Gasteiger partial charge in [-0.3, -0.25) is 0 Å². The first-order valence-corrected chi connectivity index (χ1v) is 6.85. The zero-order chi connectivity index (χ0) is 15.2. The summed E-state index contributed by atoms with van der Waals surface area (Å²) in [6, 6.07) is 12.3. The lowest BCUT2D eigenvalue weighted by Crippen LogP contribution is -2.02. The van der Waals surface area contributed by atoms with Crippen LogP contribution in [0.1, 0.15) is 29.3 Å². The third kappa shape index (κ3) is 3.75. The molecule has 0 aromatic heterocycles. The van der Waals surface area contributed by atoms with Crippen LogP contribution >= 0.6 is 0 Å². The predicted octanol–water partition coefficient (Wildman–Crippen LogP) is 4.27.